The summed E-state index contributed by atoms with van der Waals surface area (Å²) >= 11 is 0. The first-order valence-corrected chi connectivity index (χ1v) is 11.2. The molecule has 2 aliphatic carbocycles. The van der Waals surface area contributed by atoms with Crippen molar-refractivity contribution in [3.8, 4) is 34.1 Å². The molecule has 0 spiro atoms. The van der Waals surface area contributed by atoms with E-state index in [1.807, 2.05) is 6.07 Å². The molecule has 1 atom stereocenters. The Morgan fingerprint density at radius 2 is 1.60 bits per heavy atom. The Bertz CT molecular complexity index is 1530. The molecule has 3 aromatic rings. The summed E-state index contributed by atoms with van der Waals surface area (Å²) in [4.78, 5) is 39.6. The molecule has 8 nitrogen and oxygen atoms in total. The molecule has 35 heavy (non-hydrogen) atoms. The molecule has 3 aliphatic rings. The van der Waals surface area contributed by atoms with Gasteiger partial charge in [0.2, 0.25) is 5.78 Å². The van der Waals surface area contributed by atoms with E-state index < -0.39 is 23.3 Å². The maximum absolute atomic E-state index is 13.5. The third kappa shape index (κ3) is 2.65. The van der Waals surface area contributed by atoms with Gasteiger partial charge >= 0.3 is 5.97 Å². The van der Waals surface area contributed by atoms with Crippen LogP contribution in [0.1, 0.15) is 65.8 Å². The lowest BCUT2D eigenvalue weighted by Gasteiger charge is -2.31. The van der Waals surface area contributed by atoms with Gasteiger partial charge in [-0.05, 0) is 37.0 Å². The fraction of sp³-hybridized carbons (Fsp3) is 0.222. The molecule has 1 unspecified atom stereocenters. The Labute approximate surface area is 199 Å². The summed E-state index contributed by atoms with van der Waals surface area (Å²) in [6, 6.07) is 5.99. The zero-order valence-electron chi connectivity index (χ0n) is 18.9. The van der Waals surface area contributed by atoms with Gasteiger partial charge in [-0.25, -0.2) is 4.79 Å². The number of phenolic OH excluding ortho intramolecular Hbond substituents is 3. The second kappa shape index (κ2) is 7.09. The van der Waals surface area contributed by atoms with Gasteiger partial charge in [0.1, 0.15) is 34.7 Å². The highest BCUT2D eigenvalue weighted by Crippen LogP contribution is 2.54. The summed E-state index contributed by atoms with van der Waals surface area (Å²) in [7, 11) is 1.35. The number of hydrogen-bond acceptors (Lipinski definition) is 8. The number of hydrogen-bond donors (Lipinski definition) is 3. The minimum atomic E-state index is -0.661. The minimum Gasteiger partial charge on any atom is -0.507 e. The lowest BCUT2D eigenvalue weighted by molar-refractivity contribution is 0.0297. The molecule has 6 rings (SSSR count). The van der Waals surface area contributed by atoms with E-state index in [0.29, 0.717) is 36.0 Å². The minimum absolute atomic E-state index is 0.0310. The molecular weight excluding hydrogens is 452 g/mol. The largest absolute Gasteiger partial charge is 0.507 e. The molecule has 0 amide bonds. The molecule has 0 saturated heterocycles. The number of rotatable bonds is 1. The summed E-state index contributed by atoms with van der Waals surface area (Å²) in [6.45, 7) is 1.77. The number of ether oxygens (including phenoxy) is 2. The Hall–Kier alpha value is -4.33. The summed E-state index contributed by atoms with van der Waals surface area (Å²) in [5.74, 6) is -3.00. The van der Waals surface area contributed by atoms with Gasteiger partial charge in [0.25, 0.3) is 0 Å². The van der Waals surface area contributed by atoms with E-state index in [1.165, 1.54) is 25.3 Å². The lowest BCUT2D eigenvalue weighted by atomic mass is 9.75. The predicted molar refractivity (Wildman–Crippen MR) is 123 cm³/mol. The number of carbonyl (C=O) groups excluding carboxylic acids is 3. The molecule has 0 saturated carbocycles. The molecule has 0 radical (unpaired) electrons. The first-order chi connectivity index (χ1) is 16.7. The van der Waals surface area contributed by atoms with Crippen molar-refractivity contribution in [1.29, 1.82) is 0 Å². The van der Waals surface area contributed by atoms with Crippen LogP contribution in [0.2, 0.25) is 0 Å². The molecular formula is C27H20O8. The Morgan fingerprint density at radius 3 is 2.34 bits per heavy atom. The highest BCUT2D eigenvalue weighted by Gasteiger charge is 2.42. The topological polar surface area (TPSA) is 130 Å². The standard InChI is InChI=1S/C27H20O8/c1-10-8-12-9-11-6-7-14-19(16(11)23(30)17(12)27(33)35-10)25(32)20-21(26(14)34-2)24(31)18-13(22(20)29)4-3-5-15(18)28/h3-5,9-10,28,30,32H,6-8H2,1-2H3. The van der Waals surface area contributed by atoms with Crippen molar-refractivity contribution in [2.75, 3.05) is 7.11 Å². The van der Waals surface area contributed by atoms with Crippen LogP contribution in [0.15, 0.2) is 24.3 Å². The maximum atomic E-state index is 13.5. The van der Waals surface area contributed by atoms with Crippen LogP contribution in [0.4, 0.5) is 0 Å². The van der Waals surface area contributed by atoms with E-state index in [4.69, 9.17) is 9.47 Å². The molecule has 1 aliphatic heterocycles. The molecule has 0 bridgehead atoms. The smallest absolute Gasteiger partial charge is 0.342 e. The number of esters is 1. The van der Waals surface area contributed by atoms with Gasteiger partial charge in [-0.1, -0.05) is 18.2 Å². The van der Waals surface area contributed by atoms with Crippen molar-refractivity contribution in [1.82, 2.24) is 0 Å². The first kappa shape index (κ1) is 21.2. The molecule has 1 heterocycles. The third-order valence-electron chi connectivity index (χ3n) is 7.08. The van der Waals surface area contributed by atoms with E-state index in [9.17, 15) is 29.7 Å². The fourth-order valence-electron chi connectivity index (χ4n) is 5.66. The molecule has 3 aromatic carbocycles. The summed E-state index contributed by atoms with van der Waals surface area (Å²) in [6.07, 6.45) is 0.927. The highest BCUT2D eigenvalue weighted by atomic mass is 16.5. The number of ketones is 2. The lowest BCUT2D eigenvalue weighted by Crippen LogP contribution is -2.26. The molecule has 8 heteroatoms. The monoisotopic (exact) mass is 472 g/mol. The summed E-state index contributed by atoms with van der Waals surface area (Å²) in [5.41, 5.74) is 1.63. The first-order valence-electron chi connectivity index (χ1n) is 11.2. The maximum Gasteiger partial charge on any atom is 0.342 e. The highest BCUT2D eigenvalue weighted by molar-refractivity contribution is 6.32. The van der Waals surface area contributed by atoms with E-state index in [1.54, 1.807) is 6.92 Å². The Balaban J connectivity index is 1.69. The predicted octanol–water partition coefficient (Wildman–Crippen LogP) is 3.45. The van der Waals surface area contributed by atoms with E-state index >= 15 is 0 Å². The molecule has 0 fully saturated rings. The van der Waals surface area contributed by atoms with Crippen molar-refractivity contribution in [3.63, 3.8) is 0 Å². The summed E-state index contributed by atoms with van der Waals surface area (Å²) in [5, 5.41) is 33.0. The fourth-order valence-corrected chi connectivity index (χ4v) is 5.66. The van der Waals surface area contributed by atoms with Crippen molar-refractivity contribution in [2.45, 2.75) is 32.3 Å². The Morgan fingerprint density at radius 1 is 0.857 bits per heavy atom. The van der Waals surface area contributed by atoms with Gasteiger partial charge in [-0.2, -0.15) is 0 Å². The van der Waals surface area contributed by atoms with Gasteiger partial charge in [-0.3, -0.25) is 9.59 Å². The zero-order chi connectivity index (χ0) is 24.8. The quantitative estimate of drug-likeness (QED) is 0.359. The van der Waals surface area contributed by atoms with Gasteiger partial charge in [0.15, 0.2) is 5.78 Å². The normalized spacial score (nSPS) is 17.5. The van der Waals surface area contributed by atoms with E-state index in [-0.39, 0.29) is 62.3 Å². The Kier molecular flexibility index (Phi) is 4.30. The summed E-state index contributed by atoms with van der Waals surface area (Å²) < 4.78 is 10.9. The number of aromatic hydroxyl groups is 3. The SMILES string of the molecule is COc1c2c(c(O)c3c1C(=O)c1c(O)cccc1C3=O)-c1c(cc3c(c1O)C(=O)OC(C)C3)CC2. The number of carbonyl (C=O) groups is 3. The second-order valence-electron chi connectivity index (χ2n) is 9.06. The van der Waals surface area contributed by atoms with Crippen LogP contribution in [0, 0.1) is 0 Å². The van der Waals surface area contributed by atoms with Crippen LogP contribution >= 0.6 is 0 Å². The average Bonchev–Trinajstić information content (AvgIpc) is 2.81. The number of cyclic esters (lactones) is 1. The number of methoxy groups -OCH3 is 1. The van der Waals surface area contributed by atoms with Gasteiger partial charge in [0.05, 0.1) is 23.8 Å². The van der Waals surface area contributed by atoms with Crippen LogP contribution in [0.5, 0.6) is 23.0 Å². The van der Waals surface area contributed by atoms with E-state index in [0.717, 1.165) is 0 Å². The van der Waals surface area contributed by atoms with Crippen LogP contribution in [-0.4, -0.2) is 46.1 Å². The van der Waals surface area contributed by atoms with Gasteiger partial charge < -0.3 is 24.8 Å². The number of phenols is 3. The molecule has 176 valence electrons. The number of fused-ring (bicyclic) bond motifs is 6. The van der Waals surface area contributed by atoms with E-state index in [2.05, 4.69) is 0 Å². The average molecular weight is 472 g/mol. The van der Waals surface area contributed by atoms with Crippen molar-refractivity contribution >= 4 is 17.5 Å². The van der Waals surface area contributed by atoms with Crippen LogP contribution in [0.3, 0.4) is 0 Å². The van der Waals surface area contributed by atoms with Crippen LogP contribution in [-0.2, 0) is 24.0 Å². The number of aryl methyl sites for hydroxylation is 1. The number of benzene rings is 3. The van der Waals surface area contributed by atoms with Crippen LogP contribution in [0.25, 0.3) is 11.1 Å². The molecule has 0 aromatic heterocycles. The van der Waals surface area contributed by atoms with Crippen molar-refractivity contribution < 1.29 is 39.2 Å². The van der Waals surface area contributed by atoms with Gasteiger partial charge in [-0.15, -0.1) is 0 Å². The van der Waals surface area contributed by atoms with Crippen molar-refractivity contribution in [2.24, 2.45) is 0 Å². The zero-order valence-corrected chi connectivity index (χ0v) is 18.9. The second-order valence-corrected chi connectivity index (χ2v) is 9.06. The van der Waals surface area contributed by atoms with Gasteiger partial charge in [0, 0.05) is 28.7 Å². The molecule has 3 N–H and O–H groups in total. The van der Waals surface area contributed by atoms with Crippen molar-refractivity contribution in [3.05, 3.63) is 68.8 Å². The third-order valence-corrected chi connectivity index (χ3v) is 7.08. The van der Waals surface area contributed by atoms with Crippen LogP contribution < -0.4 is 4.74 Å².